The molecule has 0 aliphatic carbocycles. The summed E-state index contributed by atoms with van der Waals surface area (Å²) in [6.45, 7) is 3.26. The summed E-state index contributed by atoms with van der Waals surface area (Å²) in [6.07, 6.45) is -5.95. The number of carbonyl (C=O) groups excluding carboxylic acids is 1. The summed E-state index contributed by atoms with van der Waals surface area (Å²) in [4.78, 5) is 35.2. The van der Waals surface area contributed by atoms with E-state index in [-0.39, 0.29) is 26.0 Å². The minimum atomic E-state index is -5.14. The maximum atomic E-state index is 14.2. The summed E-state index contributed by atoms with van der Waals surface area (Å²) in [7, 11) is 0. The van der Waals surface area contributed by atoms with Gasteiger partial charge in [0.2, 0.25) is 6.41 Å². The van der Waals surface area contributed by atoms with Crippen molar-refractivity contribution in [1.29, 1.82) is 0 Å². The first-order valence-electron chi connectivity index (χ1n) is 7.04. The second-order valence-corrected chi connectivity index (χ2v) is 5.77. The van der Waals surface area contributed by atoms with Gasteiger partial charge in [-0.3, -0.25) is 9.59 Å². The molecule has 0 saturated heterocycles. The summed E-state index contributed by atoms with van der Waals surface area (Å²) in [5.74, 6) is -1.26. The van der Waals surface area contributed by atoms with E-state index in [0.29, 0.717) is 0 Å². The van der Waals surface area contributed by atoms with Crippen LogP contribution >= 0.6 is 11.6 Å². The van der Waals surface area contributed by atoms with E-state index in [2.05, 4.69) is 0 Å². The van der Waals surface area contributed by atoms with Gasteiger partial charge >= 0.3 is 11.9 Å². The fraction of sp³-hybridized carbons (Fsp3) is 0.267. The number of nitrogens with zero attached hydrogens (tertiary/aromatic N) is 2. The molecule has 1 heterocycles. The highest BCUT2D eigenvalue weighted by Gasteiger charge is 2.36. The smallest absolute Gasteiger partial charge is 0.432 e. The molecule has 0 amide bonds. The van der Waals surface area contributed by atoms with Crippen molar-refractivity contribution in [2.75, 3.05) is 0 Å². The van der Waals surface area contributed by atoms with Crippen molar-refractivity contribution >= 4 is 18.0 Å². The van der Waals surface area contributed by atoms with E-state index in [9.17, 15) is 31.9 Å². The fourth-order valence-corrected chi connectivity index (χ4v) is 2.33. The zero-order valence-electron chi connectivity index (χ0n) is 13.3. The van der Waals surface area contributed by atoms with E-state index in [4.69, 9.17) is 16.3 Å². The van der Waals surface area contributed by atoms with Crippen LogP contribution in [0.5, 0.6) is 5.75 Å². The minimum absolute atomic E-state index is 0.0207. The molecule has 0 unspecified atom stereocenters. The van der Waals surface area contributed by atoms with Gasteiger partial charge in [-0.1, -0.05) is 11.6 Å². The fourth-order valence-electron chi connectivity index (χ4n) is 2.13. The van der Waals surface area contributed by atoms with Gasteiger partial charge in [0.1, 0.15) is 17.3 Å². The van der Waals surface area contributed by atoms with E-state index >= 15 is 0 Å². The van der Waals surface area contributed by atoms with Crippen LogP contribution in [0.15, 0.2) is 27.8 Å². The molecule has 26 heavy (non-hydrogen) atoms. The lowest BCUT2D eigenvalue weighted by molar-refractivity contribution is -0.142. The van der Waals surface area contributed by atoms with Gasteiger partial charge < -0.3 is 4.74 Å². The number of ether oxygens (including phenoxy) is 1. The van der Waals surface area contributed by atoms with E-state index in [1.54, 1.807) is 13.8 Å². The van der Waals surface area contributed by atoms with Crippen LogP contribution in [-0.2, 0) is 11.0 Å². The number of rotatable bonds is 4. The van der Waals surface area contributed by atoms with Gasteiger partial charge in [0.25, 0.3) is 5.56 Å². The molecule has 0 spiro atoms. The minimum Gasteiger partial charge on any atom is -0.489 e. The third-order valence-electron chi connectivity index (χ3n) is 3.14. The first-order chi connectivity index (χ1) is 12.0. The van der Waals surface area contributed by atoms with Crippen LogP contribution in [0.4, 0.5) is 17.6 Å². The van der Waals surface area contributed by atoms with Crippen molar-refractivity contribution in [3.8, 4) is 11.4 Å². The Morgan fingerprint density at radius 3 is 2.31 bits per heavy atom. The van der Waals surface area contributed by atoms with Gasteiger partial charge in [0.15, 0.2) is 0 Å². The van der Waals surface area contributed by atoms with Crippen LogP contribution in [-0.4, -0.2) is 21.6 Å². The normalized spacial score (nSPS) is 11.7. The third kappa shape index (κ3) is 3.64. The largest absolute Gasteiger partial charge is 0.489 e. The van der Waals surface area contributed by atoms with Crippen LogP contribution < -0.4 is 16.0 Å². The Kier molecular flexibility index (Phi) is 5.26. The molecule has 140 valence electrons. The highest BCUT2D eigenvalue weighted by Crippen LogP contribution is 2.30. The zero-order chi connectivity index (χ0) is 19.8. The summed E-state index contributed by atoms with van der Waals surface area (Å²) in [6, 6.07) is 1.65. The molecule has 11 heteroatoms. The first kappa shape index (κ1) is 19.7. The van der Waals surface area contributed by atoms with Gasteiger partial charge in [-0.05, 0) is 19.9 Å². The SMILES string of the molecule is CC(C)Oc1cc(-n2c(=O)cc(C(F)(F)F)n(C=O)c2=O)c(F)cc1Cl. The molecule has 2 rings (SSSR count). The standard InChI is InChI=1S/C15H11ClF4N2O4/c1-7(2)26-11-4-10(9(17)3-8(11)16)22-13(24)5-12(15(18,19)20)21(6-23)14(22)25/h3-7H,1-2H3. The molecule has 0 aliphatic rings. The summed E-state index contributed by atoms with van der Waals surface area (Å²) in [5.41, 5.74) is -5.63. The molecular weight excluding hydrogens is 384 g/mol. The van der Waals surface area contributed by atoms with E-state index in [0.717, 1.165) is 12.1 Å². The first-order valence-corrected chi connectivity index (χ1v) is 7.42. The third-order valence-corrected chi connectivity index (χ3v) is 3.43. The van der Waals surface area contributed by atoms with Crippen molar-refractivity contribution < 1.29 is 27.1 Å². The van der Waals surface area contributed by atoms with E-state index in [1.807, 2.05) is 0 Å². The lowest BCUT2D eigenvalue weighted by Gasteiger charge is -2.16. The van der Waals surface area contributed by atoms with Gasteiger partial charge in [-0.25, -0.2) is 18.3 Å². The molecule has 0 bridgehead atoms. The Labute approximate surface area is 148 Å². The number of halogens is 5. The molecule has 1 aromatic heterocycles. The molecule has 1 aromatic carbocycles. The Balaban J connectivity index is 2.84. The average molecular weight is 395 g/mol. The molecule has 0 saturated carbocycles. The van der Waals surface area contributed by atoms with Crippen molar-refractivity contribution in [3.63, 3.8) is 0 Å². The maximum Gasteiger partial charge on any atom is 0.432 e. The Morgan fingerprint density at radius 1 is 1.19 bits per heavy atom. The van der Waals surface area contributed by atoms with Gasteiger partial charge in [0, 0.05) is 12.1 Å². The molecule has 0 aliphatic heterocycles. The van der Waals surface area contributed by atoms with Crippen LogP contribution in [0.3, 0.4) is 0 Å². The summed E-state index contributed by atoms with van der Waals surface area (Å²) < 4.78 is 58.0. The number of benzene rings is 1. The molecule has 0 radical (unpaired) electrons. The predicted molar refractivity (Wildman–Crippen MR) is 84.2 cm³/mol. The molecule has 0 fully saturated rings. The topological polar surface area (TPSA) is 70.3 Å². The Bertz CT molecular complexity index is 979. The summed E-state index contributed by atoms with van der Waals surface area (Å²) >= 11 is 5.82. The van der Waals surface area contributed by atoms with E-state index in [1.165, 1.54) is 0 Å². The number of alkyl halides is 3. The molecular formula is C15H11ClF4N2O4. The molecule has 0 N–H and O–H groups in total. The molecule has 6 nitrogen and oxygen atoms in total. The molecule has 2 aromatic rings. The maximum absolute atomic E-state index is 14.2. The number of hydrogen-bond donors (Lipinski definition) is 0. The van der Waals surface area contributed by atoms with Crippen molar-refractivity contribution in [2.24, 2.45) is 0 Å². The van der Waals surface area contributed by atoms with E-state index < -0.39 is 47.1 Å². The van der Waals surface area contributed by atoms with Crippen molar-refractivity contribution in [3.05, 3.63) is 55.6 Å². The molecule has 0 atom stereocenters. The van der Waals surface area contributed by atoms with Crippen molar-refractivity contribution in [1.82, 2.24) is 9.13 Å². The van der Waals surface area contributed by atoms with Crippen LogP contribution in [0.25, 0.3) is 5.69 Å². The van der Waals surface area contributed by atoms with Gasteiger partial charge in [-0.15, -0.1) is 0 Å². The Morgan fingerprint density at radius 2 is 1.81 bits per heavy atom. The Hall–Kier alpha value is -2.62. The second kappa shape index (κ2) is 6.94. The highest BCUT2D eigenvalue weighted by molar-refractivity contribution is 6.32. The number of aromatic nitrogens is 2. The summed E-state index contributed by atoms with van der Waals surface area (Å²) in [5, 5.41) is -0.171. The number of hydrogen-bond acceptors (Lipinski definition) is 4. The quantitative estimate of drug-likeness (QED) is 0.590. The lowest BCUT2D eigenvalue weighted by atomic mass is 10.2. The second-order valence-electron chi connectivity index (χ2n) is 5.36. The average Bonchev–Trinajstić information content (AvgIpc) is 2.49. The van der Waals surface area contributed by atoms with Crippen LogP contribution in [0, 0.1) is 5.82 Å². The van der Waals surface area contributed by atoms with Gasteiger partial charge in [-0.2, -0.15) is 13.2 Å². The number of carbonyl (C=O) groups is 1. The lowest BCUT2D eigenvalue weighted by Crippen LogP contribution is -2.42. The van der Waals surface area contributed by atoms with Crippen LogP contribution in [0.2, 0.25) is 5.02 Å². The predicted octanol–water partition coefficient (Wildman–Crippen LogP) is 2.64. The van der Waals surface area contributed by atoms with Crippen molar-refractivity contribution in [2.45, 2.75) is 26.1 Å². The monoisotopic (exact) mass is 394 g/mol. The highest BCUT2D eigenvalue weighted by atomic mass is 35.5. The van der Waals surface area contributed by atoms with Gasteiger partial charge in [0.05, 0.1) is 16.8 Å². The van der Waals surface area contributed by atoms with Crippen LogP contribution in [0.1, 0.15) is 19.5 Å². The zero-order valence-corrected chi connectivity index (χ0v) is 14.1.